The van der Waals surface area contributed by atoms with Crippen molar-refractivity contribution < 1.29 is 14.3 Å². The first-order chi connectivity index (χ1) is 12.0. The molecule has 0 aliphatic heterocycles. The molecule has 0 fully saturated rings. The minimum Gasteiger partial charge on any atom is -0.490 e. The number of nitrogens with zero attached hydrogens (tertiary/aromatic N) is 2. The van der Waals surface area contributed by atoms with E-state index in [1.54, 1.807) is 19.2 Å². The second-order valence-corrected chi connectivity index (χ2v) is 6.80. The highest BCUT2D eigenvalue weighted by molar-refractivity contribution is 7.14. The van der Waals surface area contributed by atoms with Gasteiger partial charge in [-0.05, 0) is 32.4 Å². The number of hydrogen-bond acceptors (Lipinski definition) is 5. The molecule has 25 heavy (non-hydrogen) atoms. The number of rotatable bonds is 8. The number of ether oxygens (including phenoxy) is 2. The quantitative estimate of drug-likeness (QED) is 0.605. The normalized spacial score (nSPS) is 10.6. The Bertz CT molecular complexity index is 733. The Morgan fingerprint density at radius 3 is 2.68 bits per heavy atom. The van der Waals surface area contributed by atoms with Gasteiger partial charge in [-0.15, -0.1) is 11.3 Å². The summed E-state index contributed by atoms with van der Waals surface area (Å²) < 4.78 is 11.4. The predicted molar refractivity (Wildman–Crippen MR) is 103 cm³/mol. The highest BCUT2D eigenvalue weighted by Gasteiger charge is 2.21. The van der Waals surface area contributed by atoms with Crippen LogP contribution in [0.15, 0.2) is 17.5 Å². The molecule has 5 nitrogen and oxygen atoms in total. The first-order valence-corrected chi connectivity index (χ1v) is 9.53. The number of carbonyl (C=O) groups is 1. The lowest BCUT2D eigenvalue weighted by atomic mass is 10.1. The summed E-state index contributed by atoms with van der Waals surface area (Å²) >= 11 is 7.78. The van der Waals surface area contributed by atoms with Crippen molar-refractivity contribution in [2.75, 3.05) is 25.2 Å². The summed E-state index contributed by atoms with van der Waals surface area (Å²) in [5.41, 5.74) is 1.32. The van der Waals surface area contributed by atoms with Gasteiger partial charge >= 0.3 is 0 Å². The smallest absolute Gasteiger partial charge is 0.259 e. The lowest BCUT2D eigenvalue weighted by molar-refractivity contribution is 0.0992. The third-order valence-corrected chi connectivity index (χ3v) is 4.81. The van der Waals surface area contributed by atoms with Crippen LogP contribution in [0, 0.1) is 6.92 Å². The molecule has 0 aliphatic carbocycles. The van der Waals surface area contributed by atoms with Crippen molar-refractivity contribution in [2.24, 2.45) is 0 Å². The van der Waals surface area contributed by atoms with Crippen molar-refractivity contribution in [3.8, 4) is 11.5 Å². The summed E-state index contributed by atoms with van der Waals surface area (Å²) in [5, 5.41) is 2.91. The van der Waals surface area contributed by atoms with Crippen molar-refractivity contribution in [3.05, 3.63) is 33.8 Å². The molecule has 1 amide bonds. The molecule has 7 heteroatoms. The molecular formula is C18H23ClN2O3S. The van der Waals surface area contributed by atoms with Crippen molar-refractivity contribution in [1.82, 2.24) is 4.98 Å². The van der Waals surface area contributed by atoms with Crippen LogP contribution in [0.4, 0.5) is 5.13 Å². The van der Waals surface area contributed by atoms with Gasteiger partial charge in [0.2, 0.25) is 0 Å². The molecule has 1 heterocycles. The van der Waals surface area contributed by atoms with Gasteiger partial charge in [0.15, 0.2) is 16.6 Å². The molecule has 0 N–H and O–H groups in total. The minimum absolute atomic E-state index is 0.197. The fraction of sp³-hybridized carbons (Fsp3) is 0.444. The van der Waals surface area contributed by atoms with Crippen LogP contribution in [0.1, 0.15) is 42.7 Å². The number of halogens is 1. The largest absolute Gasteiger partial charge is 0.490 e. The van der Waals surface area contributed by atoms with Gasteiger partial charge in [-0.3, -0.25) is 9.69 Å². The summed E-state index contributed by atoms with van der Waals surface area (Å²) in [6.07, 6.45) is 1.95. The van der Waals surface area contributed by atoms with Crippen LogP contribution < -0.4 is 14.4 Å². The molecular weight excluding hydrogens is 360 g/mol. The van der Waals surface area contributed by atoms with E-state index < -0.39 is 0 Å². The van der Waals surface area contributed by atoms with Gasteiger partial charge in [0.25, 0.3) is 5.91 Å². The SMILES string of the molecule is CCCCOc1c(Cl)cc(C(=O)N(C)c2nc(C)cs2)cc1OCC. The lowest BCUT2D eigenvalue weighted by Crippen LogP contribution is -2.26. The molecule has 0 radical (unpaired) electrons. The van der Waals surface area contributed by atoms with Crippen LogP contribution in [-0.4, -0.2) is 31.2 Å². The molecule has 0 bridgehead atoms. The van der Waals surface area contributed by atoms with E-state index in [0.717, 1.165) is 18.5 Å². The number of carbonyl (C=O) groups excluding carboxylic acids is 1. The average Bonchev–Trinajstić information content (AvgIpc) is 3.02. The van der Waals surface area contributed by atoms with E-state index in [1.807, 2.05) is 19.2 Å². The van der Waals surface area contributed by atoms with Gasteiger partial charge in [0.1, 0.15) is 0 Å². The Morgan fingerprint density at radius 1 is 1.32 bits per heavy atom. The maximum Gasteiger partial charge on any atom is 0.259 e. The molecule has 0 unspecified atom stereocenters. The van der Waals surface area contributed by atoms with E-state index >= 15 is 0 Å². The van der Waals surface area contributed by atoms with Crippen molar-refractivity contribution >= 4 is 34.0 Å². The standard InChI is InChI=1S/C18H23ClN2O3S/c1-5-7-8-24-16-14(19)9-13(10-15(16)23-6-2)17(22)21(4)18-20-12(3)11-25-18/h9-11H,5-8H2,1-4H3. The van der Waals surface area contributed by atoms with E-state index in [4.69, 9.17) is 21.1 Å². The highest BCUT2D eigenvalue weighted by atomic mass is 35.5. The average molecular weight is 383 g/mol. The predicted octanol–water partition coefficient (Wildman–Crippen LogP) is 4.96. The summed E-state index contributed by atoms with van der Waals surface area (Å²) in [6, 6.07) is 3.29. The second kappa shape index (κ2) is 9.06. The maximum absolute atomic E-state index is 12.8. The van der Waals surface area contributed by atoms with Crippen LogP contribution in [0.2, 0.25) is 5.02 Å². The molecule has 0 saturated heterocycles. The molecule has 2 rings (SSSR count). The van der Waals surface area contributed by atoms with Gasteiger partial charge in [-0.25, -0.2) is 4.98 Å². The van der Waals surface area contributed by atoms with Gasteiger partial charge in [-0.2, -0.15) is 0 Å². The molecule has 2 aromatic rings. The molecule has 136 valence electrons. The first kappa shape index (κ1) is 19.5. The number of anilines is 1. The summed E-state index contributed by atoms with van der Waals surface area (Å²) in [5.74, 6) is 0.775. The zero-order valence-corrected chi connectivity index (χ0v) is 16.5. The fourth-order valence-corrected chi connectivity index (χ4v) is 3.22. The van der Waals surface area contributed by atoms with E-state index in [9.17, 15) is 4.79 Å². The van der Waals surface area contributed by atoms with E-state index in [0.29, 0.717) is 40.4 Å². The molecule has 1 aromatic heterocycles. The highest BCUT2D eigenvalue weighted by Crippen LogP contribution is 2.37. The number of aromatic nitrogens is 1. The molecule has 0 atom stereocenters. The fourth-order valence-electron chi connectivity index (χ4n) is 2.19. The Hall–Kier alpha value is -1.79. The van der Waals surface area contributed by atoms with Crippen LogP contribution in [-0.2, 0) is 0 Å². The lowest BCUT2D eigenvalue weighted by Gasteiger charge is -2.17. The Morgan fingerprint density at radius 2 is 2.08 bits per heavy atom. The van der Waals surface area contributed by atoms with E-state index in [1.165, 1.54) is 16.2 Å². The third kappa shape index (κ3) is 4.86. The second-order valence-electron chi connectivity index (χ2n) is 5.56. The van der Waals surface area contributed by atoms with Crippen molar-refractivity contribution in [1.29, 1.82) is 0 Å². The van der Waals surface area contributed by atoms with Gasteiger partial charge in [0.05, 0.1) is 23.9 Å². The first-order valence-electron chi connectivity index (χ1n) is 8.27. The Labute approximate surface area is 157 Å². The number of hydrogen-bond donors (Lipinski definition) is 0. The summed E-state index contributed by atoms with van der Waals surface area (Å²) in [7, 11) is 1.69. The number of thiazole rings is 1. The topological polar surface area (TPSA) is 51.7 Å². The molecule has 0 spiro atoms. The zero-order valence-electron chi connectivity index (χ0n) is 15.0. The van der Waals surface area contributed by atoms with Crippen LogP contribution in [0.25, 0.3) is 0 Å². The van der Waals surface area contributed by atoms with Crippen LogP contribution in [0.3, 0.4) is 0 Å². The zero-order chi connectivity index (χ0) is 18.4. The number of aryl methyl sites for hydroxylation is 1. The molecule has 1 aromatic carbocycles. The van der Waals surface area contributed by atoms with E-state index in [-0.39, 0.29) is 5.91 Å². The van der Waals surface area contributed by atoms with Crippen LogP contribution in [0.5, 0.6) is 11.5 Å². The Balaban J connectivity index is 2.29. The van der Waals surface area contributed by atoms with Gasteiger partial charge < -0.3 is 9.47 Å². The molecule has 0 aliphatic rings. The van der Waals surface area contributed by atoms with Crippen LogP contribution >= 0.6 is 22.9 Å². The maximum atomic E-state index is 12.8. The number of benzene rings is 1. The minimum atomic E-state index is -0.197. The van der Waals surface area contributed by atoms with Gasteiger partial charge in [0, 0.05) is 18.0 Å². The van der Waals surface area contributed by atoms with Gasteiger partial charge in [-0.1, -0.05) is 24.9 Å². The number of amides is 1. The monoisotopic (exact) mass is 382 g/mol. The summed E-state index contributed by atoms with van der Waals surface area (Å²) in [6.45, 7) is 6.88. The van der Waals surface area contributed by atoms with E-state index in [2.05, 4.69) is 11.9 Å². The number of unbranched alkanes of at least 4 members (excludes halogenated alkanes) is 1. The third-order valence-electron chi connectivity index (χ3n) is 3.50. The Kier molecular flexibility index (Phi) is 7.08. The van der Waals surface area contributed by atoms with Crippen molar-refractivity contribution in [3.63, 3.8) is 0 Å². The summed E-state index contributed by atoms with van der Waals surface area (Å²) in [4.78, 5) is 18.6. The van der Waals surface area contributed by atoms with Crippen molar-refractivity contribution in [2.45, 2.75) is 33.6 Å². The molecule has 0 saturated carbocycles.